The zero-order valence-corrected chi connectivity index (χ0v) is 16.0. The number of hydrogen-bond acceptors (Lipinski definition) is 4. The van der Waals surface area contributed by atoms with Gasteiger partial charge < -0.3 is 9.64 Å². The van der Waals surface area contributed by atoms with E-state index >= 15 is 0 Å². The number of amides is 1. The van der Waals surface area contributed by atoms with Gasteiger partial charge in [0.25, 0.3) is 5.91 Å². The van der Waals surface area contributed by atoms with Gasteiger partial charge in [0.2, 0.25) is 10.0 Å². The summed E-state index contributed by atoms with van der Waals surface area (Å²) in [5.74, 6) is -0.215. The first-order valence-electron chi connectivity index (χ1n) is 7.85. The molecule has 7 heteroatoms. The Morgan fingerprint density at radius 2 is 1.62 bits per heavy atom. The van der Waals surface area contributed by atoms with Crippen molar-refractivity contribution < 1.29 is 17.9 Å². The number of aryl methyl sites for hydroxylation is 1. The number of carbonyl (C=O) groups excluding carboxylic acids is 1. The van der Waals surface area contributed by atoms with Crippen LogP contribution in [0, 0.1) is 13.8 Å². The topological polar surface area (TPSA) is 89.7 Å². The number of nitrogens with two attached hydrogens (primary N) is 1. The number of morpholine rings is 1. The van der Waals surface area contributed by atoms with Crippen LogP contribution in [0.2, 0.25) is 0 Å². The predicted molar refractivity (Wildman–Crippen MR) is 92.4 cm³/mol. The minimum atomic E-state index is -3.88. The molecule has 0 atom stereocenters. The van der Waals surface area contributed by atoms with Gasteiger partial charge in [-0.25, -0.2) is 13.6 Å². The van der Waals surface area contributed by atoms with Crippen molar-refractivity contribution in [1.82, 2.24) is 4.90 Å². The minimum absolute atomic E-state index is 0.00219. The monoisotopic (exact) mass is 354 g/mol. The van der Waals surface area contributed by atoms with Gasteiger partial charge >= 0.3 is 0 Å². The lowest BCUT2D eigenvalue weighted by Gasteiger charge is -2.47. The number of benzene rings is 1. The molecule has 2 rings (SSSR count). The third-order valence-electron chi connectivity index (χ3n) is 4.16. The van der Waals surface area contributed by atoms with Crippen LogP contribution in [0.4, 0.5) is 0 Å². The SMILES string of the molecule is Cc1cc(C(=O)N2CC(C)(C)OC(C)(C)C2)cc(S(N)(=O)=O)c1C. The van der Waals surface area contributed by atoms with Gasteiger partial charge in [0, 0.05) is 18.7 Å². The van der Waals surface area contributed by atoms with Crippen LogP contribution in [0.25, 0.3) is 0 Å². The molecule has 1 saturated heterocycles. The summed E-state index contributed by atoms with van der Waals surface area (Å²) in [6, 6.07) is 3.08. The molecule has 0 saturated carbocycles. The highest BCUT2D eigenvalue weighted by Gasteiger charge is 2.40. The fourth-order valence-electron chi connectivity index (χ4n) is 3.36. The average Bonchev–Trinajstić information content (AvgIpc) is 2.35. The van der Waals surface area contributed by atoms with E-state index < -0.39 is 21.2 Å². The van der Waals surface area contributed by atoms with Gasteiger partial charge in [-0.3, -0.25) is 4.79 Å². The smallest absolute Gasteiger partial charge is 0.254 e. The molecule has 2 N–H and O–H groups in total. The maximum Gasteiger partial charge on any atom is 0.254 e. The Hall–Kier alpha value is -1.44. The number of sulfonamides is 1. The van der Waals surface area contributed by atoms with Crippen LogP contribution in [0.1, 0.15) is 49.2 Å². The van der Waals surface area contributed by atoms with Gasteiger partial charge in [0.1, 0.15) is 0 Å². The van der Waals surface area contributed by atoms with Crippen molar-refractivity contribution in [2.45, 2.75) is 57.6 Å². The first-order chi connectivity index (χ1) is 10.7. The van der Waals surface area contributed by atoms with Gasteiger partial charge in [0.15, 0.2) is 0 Å². The molecule has 24 heavy (non-hydrogen) atoms. The molecule has 1 heterocycles. The zero-order valence-electron chi connectivity index (χ0n) is 15.1. The molecular formula is C17H26N2O4S. The lowest BCUT2D eigenvalue weighted by atomic mass is 9.97. The molecule has 1 aromatic rings. The largest absolute Gasteiger partial charge is 0.366 e. The van der Waals surface area contributed by atoms with Crippen molar-refractivity contribution in [1.29, 1.82) is 0 Å². The fourth-order valence-corrected chi connectivity index (χ4v) is 4.24. The zero-order chi connectivity index (χ0) is 18.5. The second-order valence-electron chi connectivity index (χ2n) is 7.74. The van der Waals surface area contributed by atoms with E-state index in [1.165, 1.54) is 6.07 Å². The van der Waals surface area contributed by atoms with Crippen LogP contribution in [0.5, 0.6) is 0 Å². The lowest BCUT2D eigenvalue weighted by molar-refractivity contribution is -0.171. The van der Waals surface area contributed by atoms with Gasteiger partial charge in [-0.05, 0) is 64.8 Å². The third kappa shape index (κ3) is 3.96. The third-order valence-corrected chi connectivity index (χ3v) is 5.19. The van der Waals surface area contributed by atoms with Crippen LogP contribution in [0.3, 0.4) is 0 Å². The molecule has 1 amide bonds. The molecule has 0 radical (unpaired) electrons. The number of ether oxygens (including phenoxy) is 1. The first-order valence-corrected chi connectivity index (χ1v) is 9.40. The van der Waals surface area contributed by atoms with E-state index in [1.54, 1.807) is 24.8 Å². The average molecular weight is 354 g/mol. The van der Waals surface area contributed by atoms with Crippen molar-refractivity contribution in [3.8, 4) is 0 Å². The molecular weight excluding hydrogens is 328 g/mol. The summed E-state index contributed by atoms with van der Waals surface area (Å²) < 4.78 is 29.6. The van der Waals surface area contributed by atoms with Crippen LogP contribution >= 0.6 is 0 Å². The van der Waals surface area contributed by atoms with Gasteiger partial charge in [0.05, 0.1) is 16.1 Å². The van der Waals surface area contributed by atoms with Crippen molar-refractivity contribution in [2.24, 2.45) is 5.14 Å². The number of primary sulfonamides is 1. The predicted octanol–water partition coefficient (Wildman–Crippen LogP) is 1.98. The van der Waals surface area contributed by atoms with Crippen molar-refractivity contribution in [3.05, 3.63) is 28.8 Å². The Bertz CT molecular complexity index is 766. The molecule has 134 valence electrons. The van der Waals surface area contributed by atoms with E-state index in [0.29, 0.717) is 24.2 Å². The molecule has 1 fully saturated rings. The Morgan fingerprint density at radius 1 is 1.12 bits per heavy atom. The normalized spacial score (nSPS) is 20.0. The second kappa shape index (κ2) is 5.82. The second-order valence-corrected chi connectivity index (χ2v) is 9.27. The van der Waals surface area contributed by atoms with E-state index in [-0.39, 0.29) is 10.8 Å². The Labute approximate surface area is 144 Å². The van der Waals surface area contributed by atoms with Crippen molar-refractivity contribution >= 4 is 15.9 Å². The number of nitrogens with zero attached hydrogens (tertiary/aromatic N) is 1. The van der Waals surface area contributed by atoms with Gasteiger partial charge in [-0.1, -0.05) is 0 Å². The van der Waals surface area contributed by atoms with E-state index in [1.807, 2.05) is 27.7 Å². The molecule has 1 aliphatic rings. The summed E-state index contributed by atoms with van der Waals surface area (Å²) >= 11 is 0. The van der Waals surface area contributed by atoms with Crippen LogP contribution in [-0.2, 0) is 14.8 Å². The highest BCUT2D eigenvalue weighted by Crippen LogP contribution is 2.30. The number of rotatable bonds is 2. The highest BCUT2D eigenvalue weighted by atomic mass is 32.2. The molecule has 1 aromatic carbocycles. The molecule has 6 nitrogen and oxygen atoms in total. The van der Waals surface area contributed by atoms with E-state index in [4.69, 9.17) is 9.88 Å². The molecule has 0 aliphatic carbocycles. The Kier molecular flexibility index (Phi) is 4.58. The molecule has 0 unspecified atom stereocenters. The first kappa shape index (κ1) is 18.9. The van der Waals surface area contributed by atoms with Gasteiger partial charge in [-0.2, -0.15) is 0 Å². The summed E-state index contributed by atoms with van der Waals surface area (Å²) in [6.45, 7) is 12.1. The summed E-state index contributed by atoms with van der Waals surface area (Å²) in [7, 11) is -3.88. The maximum absolute atomic E-state index is 13.0. The number of hydrogen-bond donors (Lipinski definition) is 1. The fraction of sp³-hybridized carbons (Fsp3) is 0.588. The van der Waals surface area contributed by atoms with Crippen molar-refractivity contribution in [3.63, 3.8) is 0 Å². The van der Waals surface area contributed by atoms with E-state index in [2.05, 4.69) is 0 Å². The molecule has 0 aromatic heterocycles. The maximum atomic E-state index is 13.0. The van der Waals surface area contributed by atoms with Crippen LogP contribution < -0.4 is 5.14 Å². The van der Waals surface area contributed by atoms with Crippen molar-refractivity contribution in [2.75, 3.05) is 13.1 Å². The van der Waals surface area contributed by atoms with Crippen LogP contribution in [0.15, 0.2) is 17.0 Å². The van der Waals surface area contributed by atoms with Gasteiger partial charge in [-0.15, -0.1) is 0 Å². The lowest BCUT2D eigenvalue weighted by Crippen LogP contribution is -2.58. The van der Waals surface area contributed by atoms with E-state index in [9.17, 15) is 13.2 Å². The molecule has 0 spiro atoms. The van der Waals surface area contributed by atoms with E-state index in [0.717, 1.165) is 5.56 Å². The summed E-state index contributed by atoms with van der Waals surface area (Å²) in [4.78, 5) is 14.7. The molecule has 0 bridgehead atoms. The summed E-state index contributed by atoms with van der Waals surface area (Å²) in [5.41, 5.74) is 0.670. The highest BCUT2D eigenvalue weighted by molar-refractivity contribution is 7.89. The number of carbonyl (C=O) groups is 1. The quantitative estimate of drug-likeness (QED) is 0.879. The van der Waals surface area contributed by atoms with Crippen LogP contribution in [-0.4, -0.2) is 43.5 Å². The summed E-state index contributed by atoms with van der Waals surface area (Å²) in [6.07, 6.45) is 0. The molecule has 1 aliphatic heterocycles. The summed E-state index contributed by atoms with van der Waals surface area (Å²) in [5, 5.41) is 5.29. The Morgan fingerprint density at radius 3 is 2.08 bits per heavy atom. The Balaban J connectivity index is 2.45. The standard InChI is InChI=1S/C17H26N2O4S/c1-11-7-13(8-14(12(11)2)24(18,21)22)15(20)19-9-16(3,4)23-17(5,6)10-19/h7-8H,9-10H2,1-6H3,(H2,18,21,22). The minimum Gasteiger partial charge on any atom is -0.366 e.